The average molecular weight is 405 g/mol. The molecule has 0 saturated heterocycles. The molecule has 0 spiro atoms. The molecule has 0 bridgehead atoms. The van der Waals surface area contributed by atoms with E-state index >= 15 is 0 Å². The molecule has 3 atom stereocenters. The van der Waals surface area contributed by atoms with E-state index in [0.717, 1.165) is 0 Å². The number of aromatic amines is 1. The topological polar surface area (TPSA) is 222 Å². The molecule has 16 heteroatoms. The molecule has 0 saturated carbocycles. The summed E-state index contributed by atoms with van der Waals surface area (Å²) in [4.78, 5) is 52.1. The van der Waals surface area contributed by atoms with Crippen LogP contribution in [0.25, 0.3) is 0 Å². The lowest BCUT2D eigenvalue weighted by atomic mass is 10.1. The van der Waals surface area contributed by atoms with Gasteiger partial charge in [-0.15, -0.1) is 0 Å². The second kappa shape index (κ2) is 8.91. The third-order valence-electron chi connectivity index (χ3n) is 3.49. The fourth-order valence-electron chi connectivity index (χ4n) is 2.20. The molecule has 0 aliphatic carbocycles. The molecular weight excluding hydrogens is 386 g/mol. The largest absolute Gasteiger partial charge is 0.475 e. The van der Waals surface area contributed by atoms with Crippen molar-refractivity contribution in [2.45, 2.75) is 25.2 Å². The van der Waals surface area contributed by atoms with Gasteiger partial charge in [0.05, 0.1) is 24.9 Å². The van der Waals surface area contributed by atoms with Crippen LogP contribution in [0.2, 0.25) is 0 Å². The molecule has 1 aromatic heterocycles. The molecule has 1 aromatic rings. The van der Waals surface area contributed by atoms with Crippen molar-refractivity contribution in [3.63, 3.8) is 0 Å². The summed E-state index contributed by atoms with van der Waals surface area (Å²) >= 11 is 0. The predicted octanol–water partition coefficient (Wildman–Crippen LogP) is -2.01. The molecule has 154 valence electrons. The maximum absolute atomic E-state index is 12.2. The highest BCUT2D eigenvalue weighted by atomic mass is 17.0. The molecule has 0 amide bonds. The number of anilines is 2. The SMILES string of the molecule is CC(O)C(O)C1=Nc2c(nc(NCC(CO[N+](=O)O)O[N+](=O)O)[nH]c2=O)NC1. The van der Waals surface area contributed by atoms with E-state index in [1.54, 1.807) is 0 Å². The second-order valence-corrected chi connectivity index (χ2v) is 5.63. The first-order chi connectivity index (χ1) is 13.2. The van der Waals surface area contributed by atoms with Crippen molar-refractivity contribution in [1.29, 1.82) is 0 Å². The monoisotopic (exact) mass is 405 g/mol. The molecule has 0 aromatic carbocycles. The zero-order valence-corrected chi connectivity index (χ0v) is 14.5. The molecule has 2 rings (SSSR count). The van der Waals surface area contributed by atoms with Crippen LogP contribution in [0.5, 0.6) is 0 Å². The maximum atomic E-state index is 12.2. The highest BCUT2D eigenvalue weighted by Gasteiger charge is 2.27. The number of aromatic nitrogens is 2. The van der Waals surface area contributed by atoms with Gasteiger partial charge in [-0.3, -0.25) is 9.78 Å². The Hall–Kier alpha value is -3.53. The van der Waals surface area contributed by atoms with E-state index in [-0.39, 0.29) is 36.3 Å². The van der Waals surface area contributed by atoms with Crippen molar-refractivity contribution >= 4 is 23.2 Å². The molecule has 1 aliphatic heterocycles. The highest BCUT2D eigenvalue weighted by Crippen LogP contribution is 2.23. The molecular formula is C12H19N7O9+2. The van der Waals surface area contributed by atoms with Gasteiger partial charge in [-0.05, 0) is 6.92 Å². The number of aliphatic hydroxyl groups excluding tert-OH is 2. The summed E-state index contributed by atoms with van der Waals surface area (Å²) in [5.41, 5.74) is -0.616. The summed E-state index contributed by atoms with van der Waals surface area (Å²) < 4.78 is 0. The minimum absolute atomic E-state index is 0.0417. The smallest absolute Gasteiger partial charge is 0.390 e. The van der Waals surface area contributed by atoms with Gasteiger partial charge in [-0.2, -0.15) is 14.7 Å². The van der Waals surface area contributed by atoms with Gasteiger partial charge < -0.3 is 20.8 Å². The van der Waals surface area contributed by atoms with Crippen LogP contribution in [-0.2, 0) is 9.68 Å². The van der Waals surface area contributed by atoms with E-state index in [1.807, 2.05) is 0 Å². The number of aliphatic hydroxyl groups is 2. The summed E-state index contributed by atoms with van der Waals surface area (Å²) in [5, 5.41) is 39.9. The van der Waals surface area contributed by atoms with Gasteiger partial charge in [0, 0.05) is 0 Å². The van der Waals surface area contributed by atoms with Crippen LogP contribution in [0.1, 0.15) is 6.92 Å². The zero-order chi connectivity index (χ0) is 20.8. The fraction of sp³-hybridized carbons (Fsp3) is 0.583. The molecule has 2 heterocycles. The minimum Gasteiger partial charge on any atom is -0.390 e. The van der Waals surface area contributed by atoms with Crippen LogP contribution in [0, 0.1) is 9.81 Å². The predicted molar refractivity (Wildman–Crippen MR) is 88.3 cm³/mol. The van der Waals surface area contributed by atoms with E-state index in [9.17, 15) is 24.8 Å². The Kier molecular flexibility index (Phi) is 6.61. The summed E-state index contributed by atoms with van der Waals surface area (Å²) in [6, 6.07) is 0. The molecule has 16 nitrogen and oxygen atoms in total. The van der Waals surface area contributed by atoms with E-state index in [2.05, 4.69) is 35.3 Å². The quantitative estimate of drug-likeness (QED) is 0.210. The summed E-state index contributed by atoms with van der Waals surface area (Å²) in [6.07, 6.45) is -3.58. The molecule has 0 fully saturated rings. The van der Waals surface area contributed by atoms with Gasteiger partial charge in [-0.1, -0.05) is 0 Å². The first kappa shape index (κ1) is 20.8. The highest BCUT2D eigenvalue weighted by molar-refractivity contribution is 5.97. The van der Waals surface area contributed by atoms with Crippen molar-refractivity contribution < 1.29 is 40.5 Å². The average Bonchev–Trinajstić information content (AvgIpc) is 2.62. The molecule has 0 radical (unpaired) electrons. The molecule has 28 heavy (non-hydrogen) atoms. The first-order valence-electron chi connectivity index (χ1n) is 7.85. The van der Waals surface area contributed by atoms with Crippen LogP contribution >= 0.6 is 0 Å². The first-order valence-corrected chi connectivity index (χ1v) is 7.85. The van der Waals surface area contributed by atoms with Crippen molar-refractivity contribution in [2.75, 3.05) is 30.3 Å². The summed E-state index contributed by atoms with van der Waals surface area (Å²) in [7, 11) is 0. The number of fused-ring (bicyclic) bond motifs is 1. The zero-order valence-electron chi connectivity index (χ0n) is 14.5. The van der Waals surface area contributed by atoms with Gasteiger partial charge in [-0.25, -0.2) is 15.4 Å². The van der Waals surface area contributed by atoms with Crippen molar-refractivity contribution in [1.82, 2.24) is 9.97 Å². The lowest BCUT2D eigenvalue weighted by Gasteiger charge is -2.21. The Labute approximate surface area is 155 Å². The Morgan fingerprint density at radius 2 is 2.00 bits per heavy atom. The number of nitrogens with one attached hydrogen (secondary N) is 3. The van der Waals surface area contributed by atoms with E-state index < -0.39 is 40.7 Å². The Morgan fingerprint density at radius 1 is 1.29 bits per heavy atom. The van der Waals surface area contributed by atoms with Gasteiger partial charge in [0.2, 0.25) is 18.7 Å². The third-order valence-corrected chi connectivity index (χ3v) is 3.49. The second-order valence-electron chi connectivity index (χ2n) is 5.63. The van der Waals surface area contributed by atoms with E-state index in [1.165, 1.54) is 6.92 Å². The number of H-pyrrole nitrogens is 1. The normalized spacial score (nSPS) is 15.9. The van der Waals surface area contributed by atoms with Crippen LogP contribution in [0.4, 0.5) is 17.5 Å². The Bertz CT molecular complexity index is 824. The number of rotatable bonds is 10. The summed E-state index contributed by atoms with van der Waals surface area (Å²) in [6.45, 7) is 0.521. The number of hydrogen-bond donors (Lipinski definition) is 7. The van der Waals surface area contributed by atoms with Gasteiger partial charge in [0.15, 0.2) is 11.5 Å². The van der Waals surface area contributed by atoms with Crippen LogP contribution in [0.3, 0.4) is 0 Å². The molecule has 3 unspecified atom stereocenters. The fourth-order valence-corrected chi connectivity index (χ4v) is 2.20. The van der Waals surface area contributed by atoms with Crippen LogP contribution in [0.15, 0.2) is 9.79 Å². The standard InChI is InChI=1S/C12H18N7O9/c1-5(20)9(21)7-3-13-10-8(15-7)11(22)17-12(16-10)14-2-6(28-19(25)26)4-27-18(23)24/h5-6,9,20-21H,2-4H2,1H3,(H4-,13,14,16,17,22,23,24,25,26)/q+1/p+1. The Balaban J connectivity index is 2.12. The van der Waals surface area contributed by atoms with Crippen molar-refractivity contribution in [3.05, 3.63) is 20.2 Å². The van der Waals surface area contributed by atoms with Crippen LogP contribution < -0.4 is 16.2 Å². The van der Waals surface area contributed by atoms with Crippen molar-refractivity contribution in [3.8, 4) is 0 Å². The lowest BCUT2D eigenvalue weighted by Crippen LogP contribution is -2.38. The summed E-state index contributed by atoms with van der Waals surface area (Å²) in [5.74, 6) is 0.0214. The third kappa shape index (κ3) is 5.48. The molecule has 1 aliphatic rings. The maximum Gasteiger partial charge on any atom is 0.475 e. The Morgan fingerprint density at radius 3 is 2.61 bits per heavy atom. The van der Waals surface area contributed by atoms with E-state index in [0.29, 0.717) is 0 Å². The van der Waals surface area contributed by atoms with Gasteiger partial charge in [0.1, 0.15) is 15.9 Å². The number of aliphatic imine (C=N–C) groups is 1. The van der Waals surface area contributed by atoms with Crippen molar-refractivity contribution in [2.24, 2.45) is 4.99 Å². The van der Waals surface area contributed by atoms with Crippen LogP contribution in [-0.4, -0.2) is 84.5 Å². The number of nitrogens with zero attached hydrogens (tertiary/aromatic N) is 4. The minimum atomic E-state index is -1.25. The van der Waals surface area contributed by atoms with Gasteiger partial charge in [0.25, 0.3) is 5.56 Å². The van der Waals surface area contributed by atoms with Gasteiger partial charge >= 0.3 is 10.2 Å². The van der Waals surface area contributed by atoms with E-state index in [4.69, 9.17) is 10.4 Å². The number of hydrogen-bond acceptors (Lipinski definition) is 11. The molecule has 7 N–H and O–H groups in total. The lowest BCUT2D eigenvalue weighted by molar-refractivity contribution is -0.994.